The Balaban J connectivity index is 1.75. The number of likely N-dealkylation sites (tertiary alicyclic amines) is 1. The highest BCUT2D eigenvalue weighted by molar-refractivity contribution is 5.79. The van der Waals surface area contributed by atoms with Gasteiger partial charge in [-0.2, -0.15) is 0 Å². The Kier molecular flexibility index (Phi) is 6.90. The highest BCUT2D eigenvalue weighted by atomic mass is 16.5. The molecule has 0 aliphatic carbocycles. The highest BCUT2D eigenvalue weighted by Crippen LogP contribution is 2.37. The van der Waals surface area contributed by atoms with E-state index in [1.807, 2.05) is 44.3 Å². The van der Waals surface area contributed by atoms with Gasteiger partial charge in [0.25, 0.3) is 0 Å². The van der Waals surface area contributed by atoms with Crippen LogP contribution in [0.1, 0.15) is 43.9 Å². The zero-order valence-electron chi connectivity index (χ0n) is 18.7. The van der Waals surface area contributed by atoms with Crippen molar-refractivity contribution in [2.75, 3.05) is 26.3 Å². The molecule has 6 nitrogen and oxygen atoms in total. The quantitative estimate of drug-likeness (QED) is 0.543. The molecule has 0 amide bonds. The number of carboxylic acid groups (broad SMARTS) is 1. The van der Waals surface area contributed by atoms with Crippen LogP contribution in [0.25, 0.3) is 10.9 Å². The molecule has 1 aliphatic heterocycles. The molecule has 1 unspecified atom stereocenters. The predicted molar refractivity (Wildman–Crippen MR) is 124 cm³/mol. The van der Waals surface area contributed by atoms with E-state index >= 15 is 0 Å². The number of ether oxygens (including phenoxy) is 2. The van der Waals surface area contributed by atoms with E-state index in [0.29, 0.717) is 39.1 Å². The summed E-state index contributed by atoms with van der Waals surface area (Å²) in [5.74, 6) is 0.485. The summed E-state index contributed by atoms with van der Waals surface area (Å²) in [5.41, 5.74) is 3.13. The highest BCUT2D eigenvalue weighted by Gasteiger charge is 2.31. The van der Waals surface area contributed by atoms with E-state index in [1.54, 1.807) is 0 Å². The van der Waals surface area contributed by atoms with Gasteiger partial charge >= 0.3 is 5.97 Å². The lowest BCUT2D eigenvalue weighted by atomic mass is 9.91. The minimum absolute atomic E-state index is 0.0447. The molecule has 0 bridgehead atoms. The standard InChI is InChI=1S/C26H30N2O4/c1-3-31-23-10-9-20(16-24(23)32-4-2)25(28-13-11-18(12-14-28)26(29)30)21-15-19-7-5-6-8-22(19)27-17-21/h5-10,15-18,25H,3-4,11-14H2,1-2H3,(H,29,30). The largest absolute Gasteiger partial charge is 0.490 e. The molecule has 2 aromatic carbocycles. The third-order valence-corrected chi connectivity index (χ3v) is 6.05. The summed E-state index contributed by atoms with van der Waals surface area (Å²) in [5, 5.41) is 10.5. The van der Waals surface area contributed by atoms with Gasteiger partial charge in [0.15, 0.2) is 11.5 Å². The summed E-state index contributed by atoms with van der Waals surface area (Å²) >= 11 is 0. The summed E-state index contributed by atoms with van der Waals surface area (Å²) in [7, 11) is 0. The van der Waals surface area contributed by atoms with Crippen molar-refractivity contribution in [2.45, 2.75) is 32.7 Å². The number of benzene rings is 2. The first-order valence-electron chi connectivity index (χ1n) is 11.3. The number of pyridine rings is 1. The molecule has 1 aromatic heterocycles. The van der Waals surface area contributed by atoms with Crippen molar-refractivity contribution in [3.8, 4) is 11.5 Å². The molecule has 1 atom stereocenters. The van der Waals surface area contributed by atoms with Crippen LogP contribution in [0.3, 0.4) is 0 Å². The van der Waals surface area contributed by atoms with Gasteiger partial charge in [-0.15, -0.1) is 0 Å². The van der Waals surface area contributed by atoms with E-state index < -0.39 is 5.97 Å². The van der Waals surface area contributed by atoms with Crippen LogP contribution in [-0.4, -0.2) is 47.3 Å². The number of rotatable bonds is 8. The Hall–Kier alpha value is -3.12. The second kappa shape index (κ2) is 10.0. The normalized spacial score (nSPS) is 16.1. The number of hydrogen-bond donors (Lipinski definition) is 1. The second-order valence-corrected chi connectivity index (χ2v) is 8.08. The Morgan fingerprint density at radius 2 is 1.75 bits per heavy atom. The Morgan fingerprint density at radius 1 is 1.03 bits per heavy atom. The molecule has 32 heavy (non-hydrogen) atoms. The lowest BCUT2D eigenvalue weighted by Crippen LogP contribution is -2.39. The van der Waals surface area contributed by atoms with E-state index in [9.17, 15) is 9.90 Å². The van der Waals surface area contributed by atoms with Crippen molar-refractivity contribution >= 4 is 16.9 Å². The van der Waals surface area contributed by atoms with Crippen LogP contribution >= 0.6 is 0 Å². The number of carbonyl (C=O) groups is 1. The molecule has 1 fully saturated rings. The number of para-hydroxylation sites is 1. The maximum absolute atomic E-state index is 11.5. The molecule has 1 saturated heterocycles. The zero-order chi connectivity index (χ0) is 22.5. The van der Waals surface area contributed by atoms with Gasteiger partial charge < -0.3 is 14.6 Å². The number of hydrogen-bond acceptors (Lipinski definition) is 5. The van der Waals surface area contributed by atoms with Crippen LogP contribution in [-0.2, 0) is 4.79 Å². The first kappa shape index (κ1) is 22.1. The lowest BCUT2D eigenvalue weighted by Gasteiger charge is -2.37. The summed E-state index contributed by atoms with van der Waals surface area (Å²) in [6.07, 6.45) is 3.22. The van der Waals surface area contributed by atoms with Crippen molar-refractivity contribution in [1.29, 1.82) is 0 Å². The number of carboxylic acids is 1. The summed E-state index contributed by atoms with van der Waals surface area (Å²) in [6.45, 7) is 6.47. The molecular formula is C26H30N2O4. The van der Waals surface area contributed by atoms with Gasteiger partial charge in [0.05, 0.1) is 30.7 Å². The summed E-state index contributed by atoms with van der Waals surface area (Å²) < 4.78 is 11.6. The van der Waals surface area contributed by atoms with Crippen LogP contribution in [0.2, 0.25) is 0 Å². The van der Waals surface area contributed by atoms with Gasteiger partial charge in [-0.3, -0.25) is 14.7 Å². The predicted octanol–water partition coefficient (Wildman–Crippen LogP) is 4.92. The van der Waals surface area contributed by atoms with Gasteiger partial charge in [0.2, 0.25) is 0 Å². The van der Waals surface area contributed by atoms with Crippen molar-refractivity contribution in [3.05, 3.63) is 65.9 Å². The van der Waals surface area contributed by atoms with Crippen molar-refractivity contribution in [1.82, 2.24) is 9.88 Å². The monoisotopic (exact) mass is 434 g/mol. The molecular weight excluding hydrogens is 404 g/mol. The molecule has 0 radical (unpaired) electrons. The summed E-state index contributed by atoms with van der Waals surface area (Å²) in [6, 6.07) is 16.3. The maximum Gasteiger partial charge on any atom is 0.306 e. The summed E-state index contributed by atoms with van der Waals surface area (Å²) in [4.78, 5) is 18.5. The van der Waals surface area contributed by atoms with Gasteiger partial charge in [-0.1, -0.05) is 24.3 Å². The van der Waals surface area contributed by atoms with E-state index in [0.717, 1.165) is 33.5 Å². The van der Waals surface area contributed by atoms with Crippen LogP contribution in [0.4, 0.5) is 0 Å². The van der Waals surface area contributed by atoms with Crippen LogP contribution in [0, 0.1) is 5.92 Å². The van der Waals surface area contributed by atoms with Gasteiger partial charge in [-0.05, 0) is 75.2 Å². The van der Waals surface area contributed by atoms with E-state index in [1.165, 1.54) is 0 Å². The average Bonchev–Trinajstić information content (AvgIpc) is 2.81. The molecule has 2 heterocycles. The van der Waals surface area contributed by atoms with E-state index in [-0.39, 0.29) is 12.0 Å². The molecule has 6 heteroatoms. The lowest BCUT2D eigenvalue weighted by molar-refractivity contribution is -0.143. The number of aliphatic carboxylic acids is 1. The smallest absolute Gasteiger partial charge is 0.306 e. The topological polar surface area (TPSA) is 71.9 Å². The van der Waals surface area contributed by atoms with Crippen molar-refractivity contribution in [3.63, 3.8) is 0 Å². The second-order valence-electron chi connectivity index (χ2n) is 8.08. The van der Waals surface area contributed by atoms with Crippen LogP contribution < -0.4 is 9.47 Å². The van der Waals surface area contributed by atoms with Crippen molar-refractivity contribution < 1.29 is 19.4 Å². The molecule has 168 valence electrons. The first-order valence-corrected chi connectivity index (χ1v) is 11.3. The van der Waals surface area contributed by atoms with E-state index in [4.69, 9.17) is 14.5 Å². The molecule has 0 saturated carbocycles. The van der Waals surface area contributed by atoms with Gasteiger partial charge in [-0.25, -0.2) is 0 Å². The Labute approximate surface area is 188 Å². The first-order chi connectivity index (χ1) is 15.6. The SMILES string of the molecule is CCOc1ccc(C(c2cnc3ccccc3c2)N2CCC(C(=O)O)CC2)cc1OCC. The third kappa shape index (κ3) is 4.70. The third-order valence-electron chi connectivity index (χ3n) is 6.05. The number of piperidine rings is 1. The Morgan fingerprint density at radius 3 is 2.47 bits per heavy atom. The van der Waals surface area contributed by atoms with Crippen LogP contribution in [0.5, 0.6) is 11.5 Å². The number of fused-ring (bicyclic) bond motifs is 1. The zero-order valence-corrected chi connectivity index (χ0v) is 18.7. The fourth-order valence-electron chi connectivity index (χ4n) is 4.49. The number of aromatic nitrogens is 1. The van der Waals surface area contributed by atoms with Crippen LogP contribution in [0.15, 0.2) is 54.7 Å². The fourth-order valence-corrected chi connectivity index (χ4v) is 4.49. The number of nitrogens with zero attached hydrogens (tertiary/aromatic N) is 2. The molecule has 1 N–H and O–H groups in total. The van der Waals surface area contributed by atoms with Gasteiger partial charge in [0.1, 0.15) is 0 Å². The minimum Gasteiger partial charge on any atom is -0.490 e. The fraction of sp³-hybridized carbons (Fsp3) is 0.385. The average molecular weight is 435 g/mol. The van der Waals surface area contributed by atoms with Crippen molar-refractivity contribution in [2.24, 2.45) is 5.92 Å². The molecule has 1 aliphatic rings. The van der Waals surface area contributed by atoms with Gasteiger partial charge in [0, 0.05) is 11.6 Å². The molecule has 4 rings (SSSR count). The van der Waals surface area contributed by atoms with E-state index in [2.05, 4.69) is 29.2 Å². The minimum atomic E-state index is -0.701. The molecule has 0 spiro atoms. The Bertz CT molecular complexity index is 1080. The maximum atomic E-state index is 11.5. The molecule has 3 aromatic rings.